The molecule has 10 heteroatoms. The smallest absolute Gasteiger partial charge is 0.308 e. The van der Waals surface area contributed by atoms with E-state index in [4.69, 9.17) is 5.73 Å². The Balaban J connectivity index is 2.12. The molecule has 0 unspecified atom stereocenters. The Labute approximate surface area is 128 Å². The topological polar surface area (TPSA) is 150 Å². The molecule has 0 fully saturated rings. The van der Waals surface area contributed by atoms with Crippen molar-refractivity contribution in [3.63, 3.8) is 0 Å². The molecule has 2 N–H and O–H groups in total. The van der Waals surface area contributed by atoms with Crippen molar-refractivity contribution in [1.29, 1.82) is 0 Å². The molecule has 0 bridgehead atoms. The summed E-state index contributed by atoms with van der Waals surface area (Å²) < 4.78 is 4.50. The molecule has 23 heavy (non-hydrogen) atoms. The van der Waals surface area contributed by atoms with Gasteiger partial charge in [0.2, 0.25) is 0 Å². The Hall–Kier alpha value is -3.30. The van der Waals surface area contributed by atoms with Crippen LogP contribution >= 0.6 is 0 Å². The third-order valence-corrected chi connectivity index (χ3v) is 3.09. The number of carbonyl (C=O) groups is 4. The van der Waals surface area contributed by atoms with Crippen LogP contribution in [-0.2, 0) is 14.3 Å². The molecule has 1 aromatic rings. The fourth-order valence-corrected chi connectivity index (χ4v) is 2.10. The Morgan fingerprint density at radius 3 is 2.57 bits per heavy atom. The Bertz CT molecular complexity index is 728. The summed E-state index contributed by atoms with van der Waals surface area (Å²) in [6.45, 7) is -0.923. The predicted octanol–water partition coefficient (Wildman–Crippen LogP) is -0.391. The minimum atomic E-state index is -0.847. The molecule has 1 aliphatic heterocycles. The third-order valence-electron chi connectivity index (χ3n) is 3.09. The average molecular weight is 321 g/mol. The number of fused-ring (bicyclic) bond motifs is 1. The van der Waals surface area contributed by atoms with Crippen molar-refractivity contribution in [2.75, 3.05) is 13.2 Å². The SMILES string of the molecule is NC(=O)COC(=O)CCN1C(=O)c2cccc([N+](=O)[O-])c2C1=O. The van der Waals surface area contributed by atoms with Crippen LogP contribution in [0.15, 0.2) is 18.2 Å². The molecule has 3 amide bonds. The number of nitrogens with zero attached hydrogens (tertiary/aromatic N) is 2. The number of nitrogens with two attached hydrogens (primary N) is 1. The van der Waals surface area contributed by atoms with Gasteiger partial charge in [-0.1, -0.05) is 6.07 Å². The fourth-order valence-electron chi connectivity index (χ4n) is 2.10. The minimum absolute atomic E-state index is 0.0882. The van der Waals surface area contributed by atoms with Gasteiger partial charge in [0.1, 0.15) is 5.56 Å². The van der Waals surface area contributed by atoms with Crippen LogP contribution in [0, 0.1) is 10.1 Å². The quantitative estimate of drug-likeness (QED) is 0.324. The maximum Gasteiger partial charge on any atom is 0.308 e. The van der Waals surface area contributed by atoms with Gasteiger partial charge in [0.15, 0.2) is 6.61 Å². The first-order valence-corrected chi connectivity index (χ1v) is 6.40. The van der Waals surface area contributed by atoms with Gasteiger partial charge in [0, 0.05) is 12.6 Å². The van der Waals surface area contributed by atoms with Crippen LogP contribution in [0.5, 0.6) is 0 Å². The molecule has 0 atom stereocenters. The lowest BCUT2D eigenvalue weighted by molar-refractivity contribution is -0.385. The molecule has 0 radical (unpaired) electrons. The highest BCUT2D eigenvalue weighted by atomic mass is 16.6. The minimum Gasteiger partial charge on any atom is -0.456 e. The zero-order valence-corrected chi connectivity index (χ0v) is 11.7. The number of amides is 3. The van der Waals surface area contributed by atoms with Crippen molar-refractivity contribution in [1.82, 2.24) is 4.90 Å². The molecule has 1 aromatic carbocycles. The van der Waals surface area contributed by atoms with Crippen LogP contribution in [0.25, 0.3) is 0 Å². The zero-order chi connectivity index (χ0) is 17.1. The van der Waals surface area contributed by atoms with Gasteiger partial charge in [-0.05, 0) is 6.07 Å². The van der Waals surface area contributed by atoms with E-state index in [0.29, 0.717) is 0 Å². The summed E-state index contributed by atoms with van der Waals surface area (Å²) in [4.78, 5) is 57.1. The number of nitro benzene ring substituents is 1. The maximum absolute atomic E-state index is 12.2. The van der Waals surface area contributed by atoms with Crippen LogP contribution in [0.1, 0.15) is 27.1 Å². The summed E-state index contributed by atoms with van der Waals surface area (Å²) in [6.07, 6.45) is -0.355. The van der Waals surface area contributed by atoms with Gasteiger partial charge < -0.3 is 10.5 Å². The molecule has 10 nitrogen and oxygen atoms in total. The van der Waals surface area contributed by atoms with Gasteiger partial charge in [-0.2, -0.15) is 0 Å². The van der Waals surface area contributed by atoms with Crippen LogP contribution in [0.4, 0.5) is 5.69 Å². The highest BCUT2D eigenvalue weighted by Crippen LogP contribution is 2.30. The van der Waals surface area contributed by atoms with E-state index in [9.17, 15) is 29.3 Å². The van der Waals surface area contributed by atoms with Crippen molar-refractivity contribution in [2.24, 2.45) is 5.73 Å². The highest BCUT2D eigenvalue weighted by Gasteiger charge is 2.40. The van der Waals surface area contributed by atoms with Crippen LogP contribution in [0.2, 0.25) is 0 Å². The molecule has 0 saturated carbocycles. The molecule has 120 valence electrons. The van der Waals surface area contributed by atoms with Crippen molar-refractivity contribution in [2.45, 2.75) is 6.42 Å². The molecule has 0 saturated heterocycles. The molecule has 0 aliphatic carbocycles. The molecular weight excluding hydrogens is 310 g/mol. The number of benzene rings is 1. The van der Waals surface area contributed by atoms with Crippen LogP contribution in [-0.4, -0.2) is 46.7 Å². The summed E-state index contributed by atoms with van der Waals surface area (Å²) >= 11 is 0. The van der Waals surface area contributed by atoms with Crippen molar-refractivity contribution < 1.29 is 28.8 Å². The van der Waals surface area contributed by atoms with Gasteiger partial charge in [0.05, 0.1) is 16.9 Å². The number of hydrogen-bond donors (Lipinski definition) is 1. The molecule has 1 aliphatic rings. The number of imide groups is 1. The Morgan fingerprint density at radius 1 is 1.26 bits per heavy atom. The number of ether oxygens (including phenoxy) is 1. The number of hydrogen-bond acceptors (Lipinski definition) is 7. The van der Waals surface area contributed by atoms with E-state index in [2.05, 4.69) is 4.74 Å². The van der Waals surface area contributed by atoms with Gasteiger partial charge in [-0.3, -0.25) is 34.2 Å². The van der Waals surface area contributed by atoms with E-state index in [1.165, 1.54) is 12.1 Å². The first-order chi connectivity index (χ1) is 10.8. The average Bonchev–Trinajstić information content (AvgIpc) is 2.74. The third kappa shape index (κ3) is 3.15. The summed E-state index contributed by atoms with van der Waals surface area (Å²) in [5.41, 5.74) is 3.95. The number of rotatable bonds is 6. The molecule has 0 spiro atoms. The molecule has 1 heterocycles. The zero-order valence-electron chi connectivity index (χ0n) is 11.7. The number of nitro groups is 1. The van der Waals surface area contributed by atoms with Gasteiger partial charge in [-0.15, -0.1) is 0 Å². The lowest BCUT2D eigenvalue weighted by atomic mass is 10.1. The lowest BCUT2D eigenvalue weighted by Gasteiger charge is -2.12. The first-order valence-electron chi connectivity index (χ1n) is 6.40. The number of primary amides is 1. The van der Waals surface area contributed by atoms with E-state index >= 15 is 0 Å². The fraction of sp³-hybridized carbons (Fsp3) is 0.231. The largest absolute Gasteiger partial charge is 0.456 e. The molecular formula is C13H11N3O7. The molecule has 2 rings (SSSR count). The van der Waals surface area contributed by atoms with E-state index in [1.807, 2.05) is 0 Å². The van der Waals surface area contributed by atoms with Crippen molar-refractivity contribution in [3.8, 4) is 0 Å². The van der Waals surface area contributed by atoms with Gasteiger partial charge >= 0.3 is 5.97 Å². The second-order valence-electron chi connectivity index (χ2n) is 4.60. The van der Waals surface area contributed by atoms with E-state index in [1.54, 1.807) is 0 Å². The maximum atomic E-state index is 12.2. The standard InChI is InChI=1S/C13H11N3O7/c14-9(17)6-23-10(18)4-5-15-12(19)7-2-1-3-8(16(21)22)11(7)13(15)20/h1-3H,4-6H2,(H2,14,17). The summed E-state index contributed by atoms with van der Waals surface area (Å²) in [7, 11) is 0. The van der Waals surface area contributed by atoms with Gasteiger partial charge in [0.25, 0.3) is 23.4 Å². The van der Waals surface area contributed by atoms with Crippen molar-refractivity contribution in [3.05, 3.63) is 39.4 Å². The highest BCUT2D eigenvalue weighted by molar-refractivity contribution is 6.23. The normalized spacial score (nSPS) is 13.0. The van der Waals surface area contributed by atoms with E-state index in [-0.39, 0.29) is 24.1 Å². The molecule has 0 aromatic heterocycles. The Kier molecular flexibility index (Phi) is 4.35. The first kappa shape index (κ1) is 16.1. The van der Waals surface area contributed by atoms with Crippen molar-refractivity contribution >= 4 is 29.4 Å². The monoisotopic (exact) mass is 321 g/mol. The van der Waals surface area contributed by atoms with E-state index < -0.39 is 40.9 Å². The summed E-state index contributed by atoms with van der Waals surface area (Å²) in [5.74, 6) is -3.24. The second kappa shape index (κ2) is 6.22. The predicted molar refractivity (Wildman–Crippen MR) is 73.2 cm³/mol. The lowest BCUT2D eigenvalue weighted by Crippen LogP contribution is -2.32. The number of esters is 1. The van der Waals surface area contributed by atoms with Gasteiger partial charge in [-0.25, -0.2) is 0 Å². The number of carbonyl (C=O) groups excluding carboxylic acids is 4. The summed E-state index contributed by atoms with van der Waals surface area (Å²) in [6, 6.07) is 3.72. The van der Waals surface area contributed by atoms with Crippen LogP contribution < -0.4 is 5.73 Å². The summed E-state index contributed by atoms with van der Waals surface area (Å²) in [5, 5.41) is 10.9. The second-order valence-corrected chi connectivity index (χ2v) is 4.60. The van der Waals surface area contributed by atoms with Crippen LogP contribution in [0.3, 0.4) is 0 Å². The van der Waals surface area contributed by atoms with E-state index in [0.717, 1.165) is 11.0 Å². The Morgan fingerprint density at radius 2 is 1.96 bits per heavy atom.